The van der Waals surface area contributed by atoms with E-state index in [4.69, 9.17) is 19.6 Å². The zero-order chi connectivity index (χ0) is 55.1. The van der Waals surface area contributed by atoms with Crippen LogP contribution in [0.1, 0.15) is 142 Å². The van der Waals surface area contributed by atoms with Gasteiger partial charge in [0.15, 0.2) is 10.8 Å². The van der Waals surface area contributed by atoms with Gasteiger partial charge in [0.1, 0.15) is 17.2 Å². The Morgan fingerprint density at radius 1 is 0.835 bits per heavy atom. The van der Waals surface area contributed by atoms with Gasteiger partial charge in [-0.2, -0.15) is 5.10 Å². The fourth-order valence-corrected chi connectivity index (χ4v) is 13.4. The first kappa shape index (κ1) is 53.8. The number of amides is 3. The number of pyridine rings is 1. The Labute approximate surface area is 467 Å². The highest BCUT2D eigenvalue weighted by Crippen LogP contribution is 2.39. The van der Waals surface area contributed by atoms with Crippen LogP contribution >= 0.6 is 11.3 Å². The molecule has 1 aliphatic carbocycles. The van der Waals surface area contributed by atoms with E-state index in [9.17, 15) is 19.2 Å². The molecule has 79 heavy (non-hydrogen) atoms. The lowest BCUT2D eigenvalue weighted by Crippen LogP contribution is -2.57. The third kappa shape index (κ3) is 11.6. The summed E-state index contributed by atoms with van der Waals surface area (Å²) < 4.78 is 15.7. The minimum atomic E-state index is -0.732. The molecule has 2 saturated heterocycles. The van der Waals surface area contributed by atoms with Gasteiger partial charge in [0.25, 0.3) is 5.91 Å². The Kier molecular flexibility index (Phi) is 15.3. The summed E-state index contributed by atoms with van der Waals surface area (Å²) in [5.74, 6) is 0.578. The highest BCUT2D eigenvalue weighted by molar-refractivity contribution is 7.22. The van der Waals surface area contributed by atoms with Crippen LogP contribution in [0.3, 0.4) is 0 Å². The number of aryl methyl sites for hydroxylation is 1. The molecule has 0 spiro atoms. The summed E-state index contributed by atoms with van der Waals surface area (Å²) in [7, 11) is 1.93. The molecule has 2 N–H and O–H groups in total. The minimum absolute atomic E-state index is 0.121. The van der Waals surface area contributed by atoms with Crippen molar-refractivity contribution in [3.63, 3.8) is 0 Å². The molecule has 3 aromatic heterocycles. The van der Waals surface area contributed by atoms with Crippen LogP contribution in [-0.2, 0) is 34.3 Å². The van der Waals surface area contributed by atoms with Crippen molar-refractivity contribution in [3.05, 3.63) is 125 Å². The fraction of sp³-hybridized carbons (Fsp3) is 0.444. The predicted molar refractivity (Wildman–Crippen MR) is 312 cm³/mol. The van der Waals surface area contributed by atoms with Gasteiger partial charge < -0.3 is 19.3 Å². The number of unbranched alkanes of at least 4 members (excludes halogenated alkanes) is 1. The van der Waals surface area contributed by atoms with Crippen molar-refractivity contribution in [1.82, 2.24) is 30.0 Å². The predicted octanol–water partition coefficient (Wildman–Crippen LogP) is 11.6. The van der Waals surface area contributed by atoms with Crippen molar-refractivity contribution in [2.24, 2.45) is 13.0 Å². The molecule has 0 bridgehead atoms. The van der Waals surface area contributed by atoms with Crippen LogP contribution in [0.25, 0.3) is 32.2 Å². The number of fused-ring (bicyclic) bond motifs is 3. The number of benzene rings is 4. The Balaban J connectivity index is 0.688. The number of nitrogens with one attached hydrogen (secondary N) is 2. The van der Waals surface area contributed by atoms with Crippen LogP contribution in [-0.4, -0.2) is 98.3 Å². The topological polar surface area (TPSA) is 164 Å². The number of para-hydroxylation sites is 1. The molecule has 4 aliphatic rings. The number of thiazole rings is 1. The molecule has 15 nitrogen and oxygen atoms in total. The van der Waals surface area contributed by atoms with Crippen molar-refractivity contribution < 1.29 is 28.7 Å². The largest absolute Gasteiger partial charge is 0.490 e. The van der Waals surface area contributed by atoms with Crippen molar-refractivity contribution in [3.8, 4) is 16.9 Å². The fourth-order valence-electron chi connectivity index (χ4n) is 12.6. The number of hydrogen-bond acceptors (Lipinski definition) is 13. The van der Waals surface area contributed by atoms with Gasteiger partial charge in [-0.05, 0) is 176 Å². The lowest BCUT2D eigenvalue weighted by atomic mass is 9.84. The standard InChI is InChI=1S/C63H73N9O6S/c1-38-35-71(43-23-26-48-52(34-43)69(7)68-57(48)49-28-30-56(73)66-60(49)75)36-39(2)72(38)32-11-10-14-41-21-24-44(25-22-41)77-53-19-13-16-45(40(53)3)46-27-29-55(65-58(46)61(76)78-63(4,5)6)70-33-31-42-15-12-17-47(50(42)37-70)59(74)67-62-64-51-18-8-9-20-54(51)79-62/h8-9,12-13,15-20,23,26-27,29,34,38-39,41,44,49H,10-11,14,21-22,24-25,28,30-33,35-37H2,1-7H3,(H,64,67,74)(H,66,73,75)/t38-,39-,41?,44?,49?/m0/s1. The van der Waals surface area contributed by atoms with Crippen molar-refractivity contribution in [1.29, 1.82) is 0 Å². The molecule has 6 heterocycles. The average Bonchev–Trinajstić information content (AvgIpc) is 4.16. The van der Waals surface area contributed by atoms with Crippen LogP contribution in [0, 0.1) is 12.8 Å². The summed E-state index contributed by atoms with van der Waals surface area (Å²) in [4.78, 5) is 69.5. The number of imide groups is 1. The summed E-state index contributed by atoms with van der Waals surface area (Å²) in [5, 5.41) is 11.8. The van der Waals surface area contributed by atoms with Crippen LogP contribution in [0.4, 0.5) is 16.6 Å². The second-order valence-electron chi connectivity index (χ2n) is 23.4. The number of esters is 1. The zero-order valence-corrected chi connectivity index (χ0v) is 47.5. The van der Waals surface area contributed by atoms with Gasteiger partial charge >= 0.3 is 5.97 Å². The molecule has 4 aromatic carbocycles. The normalized spacial score (nSPS) is 21.0. The highest BCUT2D eigenvalue weighted by atomic mass is 32.1. The monoisotopic (exact) mass is 1080 g/mol. The van der Waals surface area contributed by atoms with Crippen molar-refractivity contribution in [2.45, 2.75) is 142 Å². The van der Waals surface area contributed by atoms with Crippen molar-refractivity contribution in [2.75, 3.05) is 41.3 Å². The van der Waals surface area contributed by atoms with E-state index in [1.54, 1.807) is 0 Å². The number of anilines is 3. The number of carbonyl (C=O) groups is 4. The second kappa shape index (κ2) is 22.5. The number of carbonyl (C=O) groups excluding carboxylic acids is 4. The number of rotatable bonds is 14. The zero-order valence-electron chi connectivity index (χ0n) is 46.6. The average molecular weight is 1080 g/mol. The van der Waals surface area contributed by atoms with E-state index in [0.717, 1.165) is 107 Å². The molecule has 3 fully saturated rings. The summed E-state index contributed by atoms with van der Waals surface area (Å²) in [6, 6.07) is 31.1. The SMILES string of the molecule is Cc1c(OC2CCC(CCCCN3[C@@H](C)CN(c4ccc5c(C6CCC(=O)NC6=O)nn(C)c5c4)C[C@@H]3C)CC2)cccc1-c1ccc(N2CCc3cccc(C(=O)Nc4nc5ccccc5s4)c3C2)nc1C(=O)OC(C)(C)C. The van der Waals surface area contributed by atoms with E-state index in [2.05, 4.69) is 75.4 Å². The van der Waals surface area contributed by atoms with Gasteiger partial charge in [-0.25, -0.2) is 14.8 Å². The molecule has 412 valence electrons. The minimum Gasteiger partial charge on any atom is -0.490 e. The molecular weight excluding hydrogens is 1010 g/mol. The number of hydrogen-bond donors (Lipinski definition) is 2. The Morgan fingerprint density at radius 3 is 2.39 bits per heavy atom. The maximum atomic E-state index is 14.2. The summed E-state index contributed by atoms with van der Waals surface area (Å²) in [6.07, 6.45) is 9.60. The van der Waals surface area contributed by atoms with Crippen LogP contribution < -0.4 is 25.2 Å². The molecule has 1 unspecified atom stereocenters. The Bertz CT molecular complexity index is 3400. The van der Waals surface area contributed by atoms with Gasteiger partial charge in [-0.3, -0.25) is 34.6 Å². The van der Waals surface area contributed by atoms with Crippen LogP contribution in [0.15, 0.2) is 91.0 Å². The van der Waals surface area contributed by atoms with Crippen LogP contribution in [0.2, 0.25) is 0 Å². The van der Waals surface area contributed by atoms with Gasteiger partial charge in [-0.1, -0.05) is 60.6 Å². The number of aromatic nitrogens is 4. The first-order valence-corrected chi connectivity index (χ1v) is 29.2. The number of nitrogens with zero attached hydrogens (tertiary/aromatic N) is 7. The second-order valence-corrected chi connectivity index (χ2v) is 24.4. The van der Waals surface area contributed by atoms with Gasteiger partial charge in [-0.15, -0.1) is 0 Å². The maximum Gasteiger partial charge on any atom is 0.358 e. The Morgan fingerprint density at radius 2 is 1.62 bits per heavy atom. The van der Waals surface area contributed by atoms with Gasteiger partial charge in [0.05, 0.1) is 33.4 Å². The third-order valence-electron chi connectivity index (χ3n) is 16.7. The lowest BCUT2D eigenvalue weighted by Gasteiger charge is -2.45. The molecular formula is C63H73N9O6S. The molecule has 0 radical (unpaired) electrons. The number of piperazine rings is 1. The van der Waals surface area contributed by atoms with E-state index < -0.39 is 17.5 Å². The van der Waals surface area contributed by atoms with E-state index in [1.165, 1.54) is 36.3 Å². The van der Waals surface area contributed by atoms with E-state index in [-0.39, 0.29) is 29.5 Å². The van der Waals surface area contributed by atoms with E-state index in [1.807, 2.05) is 99.2 Å². The van der Waals surface area contributed by atoms with E-state index in [0.29, 0.717) is 66.0 Å². The van der Waals surface area contributed by atoms with E-state index >= 15 is 0 Å². The smallest absolute Gasteiger partial charge is 0.358 e. The first-order chi connectivity index (χ1) is 38.0. The highest BCUT2D eigenvalue weighted by Gasteiger charge is 2.34. The first-order valence-electron chi connectivity index (χ1n) is 28.4. The summed E-state index contributed by atoms with van der Waals surface area (Å²) in [6.45, 7) is 16.5. The number of piperidine rings is 1. The number of ether oxygens (including phenoxy) is 2. The van der Waals surface area contributed by atoms with Gasteiger partial charge in [0, 0.05) is 73.9 Å². The Hall–Kier alpha value is -7.17. The molecule has 3 aliphatic heterocycles. The van der Waals surface area contributed by atoms with Crippen LogP contribution in [0.5, 0.6) is 5.75 Å². The molecule has 7 aromatic rings. The quantitative estimate of drug-likeness (QED) is 0.0603. The summed E-state index contributed by atoms with van der Waals surface area (Å²) >= 11 is 1.45. The molecule has 16 heteroatoms. The lowest BCUT2D eigenvalue weighted by molar-refractivity contribution is -0.134. The molecule has 1 saturated carbocycles. The maximum absolute atomic E-state index is 14.2. The third-order valence-corrected chi connectivity index (χ3v) is 17.6. The molecule has 3 amide bonds. The molecule has 3 atom stereocenters. The van der Waals surface area contributed by atoms with Crippen molar-refractivity contribution >= 4 is 72.8 Å². The summed E-state index contributed by atoms with van der Waals surface area (Å²) in [5.41, 5.74) is 8.45. The van der Waals surface area contributed by atoms with Gasteiger partial charge in [0.2, 0.25) is 11.8 Å². The molecule has 11 rings (SSSR count).